The molecule has 1 aliphatic carbocycles. The molecule has 1 saturated carbocycles. The molecule has 1 heterocycles. The number of carbonyl (C=O) groups is 2. The van der Waals surface area contributed by atoms with Crippen LogP contribution in [0, 0.1) is 5.92 Å². The lowest BCUT2D eigenvalue weighted by atomic mass is 9.87. The Hall–Kier alpha value is -2.04. The van der Waals surface area contributed by atoms with E-state index >= 15 is 0 Å². The van der Waals surface area contributed by atoms with Crippen LogP contribution in [0.3, 0.4) is 0 Å². The zero-order chi connectivity index (χ0) is 18.2. The summed E-state index contributed by atoms with van der Waals surface area (Å²) in [5, 5.41) is 5.89. The molecule has 1 aromatic rings. The third kappa shape index (κ3) is 5.75. The van der Waals surface area contributed by atoms with E-state index in [4.69, 9.17) is 0 Å². The number of amides is 3. The van der Waals surface area contributed by atoms with Crippen LogP contribution in [-0.2, 0) is 17.9 Å². The van der Waals surface area contributed by atoms with Crippen LogP contribution in [0.5, 0.6) is 0 Å². The first-order valence-corrected chi connectivity index (χ1v) is 10.1. The number of nitrogens with one attached hydrogen (secondary N) is 2. The van der Waals surface area contributed by atoms with E-state index in [1.54, 1.807) is 0 Å². The summed E-state index contributed by atoms with van der Waals surface area (Å²) in [7, 11) is 0. The van der Waals surface area contributed by atoms with Crippen molar-refractivity contribution in [2.24, 2.45) is 5.92 Å². The first-order valence-electron chi connectivity index (χ1n) is 10.1. The highest BCUT2D eigenvalue weighted by Crippen LogP contribution is 2.25. The Morgan fingerprint density at radius 3 is 2.42 bits per heavy atom. The molecule has 1 aromatic carbocycles. The molecular formula is C21H31N3O2. The van der Waals surface area contributed by atoms with Gasteiger partial charge in [0.05, 0.1) is 0 Å². The second-order valence-corrected chi connectivity index (χ2v) is 7.64. The summed E-state index contributed by atoms with van der Waals surface area (Å²) in [6.07, 6.45) is 9.44. The summed E-state index contributed by atoms with van der Waals surface area (Å²) in [6, 6.07) is 8.05. The predicted octanol–water partition coefficient (Wildman–Crippen LogP) is 3.58. The summed E-state index contributed by atoms with van der Waals surface area (Å²) in [5.74, 6) is 1.04. The fourth-order valence-electron chi connectivity index (χ4n) is 3.96. The van der Waals surface area contributed by atoms with Gasteiger partial charge in [-0.15, -0.1) is 0 Å². The molecule has 142 valence electrons. The van der Waals surface area contributed by atoms with Gasteiger partial charge >= 0.3 is 6.03 Å². The van der Waals surface area contributed by atoms with E-state index in [9.17, 15) is 9.59 Å². The third-order valence-electron chi connectivity index (χ3n) is 5.58. The molecular weight excluding hydrogens is 326 g/mol. The zero-order valence-electron chi connectivity index (χ0n) is 15.6. The molecule has 5 nitrogen and oxygen atoms in total. The Morgan fingerprint density at radius 1 is 1.00 bits per heavy atom. The van der Waals surface area contributed by atoms with Crippen molar-refractivity contribution in [1.82, 2.24) is 15.5 Å². The van der Waals surface area contributed by atoms with Crippen LogP contribution in [0.1, 0.15) is 62.5 Å². The number of rotatable bonds is 7. The van der Waals surface area contributed by atoms with Crippen LogP contribution >= 0.6 is 0 Å². The van der Waals surface area contributed by atoms with Gasteiger partial charge in [0.2, 0.25) is 5.91 Å². The van der Waals surface area contributed by atoms with Gasteiger partial charge in [-0.05, 0) is 29.9 Å². The third-order valence-corrected chi connectivity index (χ3v) is 5.58. The van der Waals surface area contributed by atoms with Crippen LogP contribution in [0.4, 0.5) is 4.79 Å². The average Bonchev–Trinajstić information content (AvgIpc) is 3.07. The molecule has 3 amide bonds. The SMILES string of the molecule is O=C(NCCC1CCCCC1)NCc1ccc(CN2CCCC2=O)cc1. The molecule has 2 fully saturated rings. The monoisotopic (exact) mass is 357 g/mol. The first-order chi connectivity index (χ1) is 12.7. The number of benzene rings is 1. The van der Waals surface area contributed by atoms with Crippen molar-refractivity contribution < 1.29 is 9.59 Å². The maximum atomic E-state index is 11.9. The highest BCUT2D eigenvalue weighted by Gasteiger charge is 2.19. The van der Waals surface area contributed by atoms with Crippen LogP contribution in [0.15, 0.2) is 24.3 Å². The number of likely N-dealkylation sites (tertiary alicyclic amines) is 1. The van der Waals surface area contributed by atoms with Gasteiger partial charge in [0.25, 0.3) is 0 Å². The van der Waals surface area contributed by atoms with E-state index in [2.05, 4.69) is 10.6 Å². The Morgan fingerprint density at radius 2 is 1.73 bits per heavy atom. The largest absolute Gasteiger partial charge is 0.338 e. The van der Waals surface area contributed by atoms with E-state index in [1.165, 1.54) is 32.1 Å². The molecule has 26 heavy (non-hydrogen) atoms. The average molecular weight is 357 g/mol. The highest BCUT2D eigenvalue weighted by molar-refractivity contribution is 5.78. The lowest BCUT2D eigenvalue weighted by molar-refractivity contribution is -0.128. The molecule has 0 atom stereocenters. The van der Waals surface area contributed by atoms with Crippen molar-refractivity contribution in [2.75, 3.05) is 13.1 Å². The van der Waals surface area contributed by atoms with Gasteiger partial charge in [0.1, 0.15) is 0 Å². The number of hydrogen-bond donors (Lipinski definition) is 2. The fraction of sp³-hybridized carbons (Fsp3) is 0.619. The molecule has 0 aromatic heterocycles. The summed E-state index contributed by atoms with van der Waals surface area (Å²) in [5.41, 5.74) is 2.21. The minimum atomic E-state index is -0.0902. The summed E-state index contributed by atoms with van der Waals surface area (Å²) < 4.78 is 0. The molecule has 0 radical (unpaired) electrons. The predicted molar refractivity (Wildman–Crippen MR) is 103 cm³/mol. The van der Waals surface area contributed by atoms with Gasteiger partial charge in [0, 0.05) is 32.6 Å². The van der Waals surface area contributed by atoms with Crippen LogP contribution < -0.4 is 10.6 Å². The summed E-state index contributed by atoms with van der Waals surface area (Å²) >= 11 is 0. The quantitative estimate of drug-likeness (QED) is 0.783. The number of nitrogens with zero attached hydrogens (tertiary/aromatic N) is 1. The summed E-state index contributed by atoms with van der Waals surface area (Å²) in [4.78, 5) is 25.5. The van der Waals surface area contributed by atoms with Gasteiger partial charge in [-0.2, -0.15) is 0 Å². The molecule has 5 heteroatoms. The van der Waals surface area contributed by atoms with Crippen molar-refractivity contribution in [3.8, 4) is 0 Å². The lowest BCUT2D eigenvalue weighted by Crippen LogP contribution is -2.36. The topological polar surface area (TPSA) is 61.4 Å². The van der Waals surface area contributed by atoms with Gasteiger partial charge in [-0.25, -0.2) is 4.79 Å². The minimum Gasteiger partial charge on any atom is -0.338 e. The van der Waals surface area contributed by atoms with Crippen LogP contribution in [0.25, 0.3) is 0 Å². The molecule has 2 aliphatic rings. The molecule has 0 spiro atoms. The minimum absolute atomic E-state index is 0.0902. The maximum Gasteiger partial charge on any atom is 0.315 e. The summed E-state index contributed by atoms with van der Waals surface area (Å²) in [6.45, 7) is 2.84. The van der Waals surface area contributed by atoms with E-state index in [0.717, 1.165) is 43.0 Å². The number of carbonyl (C=O) groups excluding carboxylic acids is 2. The molecule has 1 saturated heterocycles. The smallest absolute Gasteiger partial charge is 0.315 e. The van der Waals surface area contributed by atoms with Gasteiger partial charge in [-0.3, -0.25) is 4.79 Å². The second-order valence-electron chi connectivity index (χ2n) is 7.64. The van der Waals surface area contributed by atoms with E-state index in [-0.39, 0.29) is 11.9 Å². The first kappa shape index (κ1) is 18.7. The normalized spacial score (nSPS) is 18.2. The van der Waals surface area contributed by atoms with Crippen molar-refractivity contribution in [1.29, 1.82) is 0 Å². The maximum absolute atomic E-state index is 11.9. The van der Waals surface area contributed by atoms with Crippen LogP contribution in [0.2, 0.25) is 0 Å². The van der Waals surface area contributed by atoms with Gasteiger partial charge in [-0.1, -0.05) is 56.4 Å². The van der Waals surface area contributed by atoms with Crippen molar-refractivity contribution in [3.63, 3.8) is 0 Å². The molecule has 1 aliphatic heterocycles. The lowest BCUT2D eigenvalue weighted by Gasteiger charge is -2.21. The number of urea groups is 1. The van der Waals surface area contributed by atoms with Crippen LogP contribution in [-0.4, -0.2) is 29.9 Å². The van der Waals surface area contributed by atoms with Gasteiger partial charge in [0.15, 0.2) is 0 Å². The Kier molecular flexibility index (Phi) is 6.92. The Labute approximate surface area is 156 Å². The van der Waals surface area contributed by atoms with E-state index in [0.29, 0.717) is 19.5 Å². The van der Waals surface area contributed by atoms with Crippen molar-refractivity contribution in [3.05, 3.63) is 35.4 Å². The Balaban J connectivity index is 1.33. The zero-order valence-corrected chi connectivity index (χ0v) is 15.6. The second kappa shape index (κ2) is 9.60. The van der Waals surface area contributed by atoms with E-state index in [1.807, 2.05) is 29.2 Å². The number of hydrogen-bond acceptors (Lipinski definition) is 2. The molecule has 0 bridgehead atoms. The standard InChI is InChI=1S/C21H31N3O2/c25-20-7-4-14-24(20)16-19-10-8-18(9-11-19)15-23-21(26)22-13-12-17-5-2-1-3-6-17/h8-11,17H,1-7,12-16H2,(H2,22,23,26). The molecule has 0 unspecified atom stereocenters. The molecule has 3 rings (SSSR count). The Bertz CT molecular complexity index is 594. The fourth-order valence-corrected chi connectivity index (χ4v) is 3.96. The highest BCUT2D eigenvalue weighted by atomic mass is 16.2. The molecule has 2 N–H and O–H groups in total. The van der Waals surface area contributed by atoms with E-state index < -0.39 is 0 Å². The van der Waals surface area contributed by atoms with Crippen molar-refractivity contribution in [2.45, 2.75) is 64.5 Å². The van der Waals surface area contributed by atoms with Gasteiger partial charge < -0.3 is 15.5 Å². The van der Waals surface area contributed by atoms with Crippen molar-refractivity contribution >= 4 is 11.9 Å².